The molecule has 0 spiro atoms. The predicted octanol–water partition coefficient (Wildman–Crippen LogP) is 2.31. The molecule has 0 saturated heterocycles. The number of ether oxygens (including phenoxy) is 3. The maximum absolute atomic E-state index is 12.7. The largest absolute Gasteiger partial charge is 0.486 e. The van der Waals surface area contributed by atoms with E-state index in [-0.39, 0.29) is 30.8 Å². The van der Waals surface area contributed by atoms with Crippen molar-refractivity contribution in [2.75, 3.05) is 50.7 Å². The molecule has 1 aliphatic rings. The van der Waals surface area contributed by atoms with Crippen LogP contribution in [0.2, 0.25) is 0 Å². The minimum Gasteiger partial charge on any atom is -0.486 e. The third-order valence-corrected chi connectivity index (χ3v) is 4.01. The van der Waals surface area contributed by atoms with E-state index in [0.717, 1.165) is 0 Å². The van der Waals surface area contributed by atoms with Crippen LogP contribution in [0.3, 0.4) is 0 Å². The molecule has 9 heteroatoms. The minimum absolute atomic E-state index is 0. The maximum Gasteiger partial charge on any atom is 0.257 e. The van der Waals surface area contributed by atoms with Crippen molar-refractivity contribution in [3.05, 3.63) is 48.0 Å². The molecule has 0 atom stereocenters. The Morgan fingerprint density at radius 3 is 2.59 bits per heavy atom. The molecular weight excluding hydrogens is 398 g/mol. The van der Waals surface area contributed by atoms with Gasteiger partial charge in [0.25, 0.3) is 5.91 Å². The zero-order valence-electron chi connectivity index (χ0n) is 16.0. The predicted molar refractivity (Wildman–Crippen MR) is 112 cm³/mol. The Morgan fingerprint density at radius 1 is 1.03 bits per heavy atom. The van der Waals surface area contributed by atoms with E-state index in [9.17, 15) is 9.59 Å². The highest BCUT2D eigenvalue weighted by atomic mass is 35.5. The van der Waals surface area contributed by atoms with Crippen LogP contribution in [0.5, 0.6) is 11.5 Å². The molecule has 1 heterocycles. The summed E-state index contributed by atoms with van der Waals surface area (Å²) in [7, 11) is 1.60. The van der Waals surface area contributed by atoms with Crippen LogP contribution in [0.25, 0.3) is 0 Å². The first-order valence-corrected chi connectivity index (χ1v) is 8.97. The first kappa shape index (κ1) is 22.5. The van der Waals surface area contributed by atoms with E-state index < -0.39 is 0 Å². The molecule has 3 rings (SSSR count). The lowest BCUT2D eigenvalue weighted by Crippen LogP contribution is -2.31. The SMILES string of the molecule is COCCNCC(=O)Nc1ccccc1C(=O)Nc1ccc2c(c1)OCCO2.Cl. The van der Waals surface area contributed by atoms with Crippen molar-refractivity contribution in [1.82, 2.24) is 5.32 Å². The quantitative estimate of drug-likeness (QED) is 0.566. The van der Waals surface area contributed by atoms with Crippen molar-refractivity contribution in [2.45, 2.75) is 0 Å². The summed E-state index contributed by atoms with van der Waals surface area (Å²) in [5, 5.41) is 8.54. The van der Waals surface area contributed by atoms with Gasteiger partial charge in [-0.05, 0) is 24.3 Å². The summed E-state index contributed by atoms with van der Waals surface area (Å²) in [5.74, 6) is 0.668. The Labute approximate surface area is 175 Å². The second-order valence-corrected chi connectivity index (χ2v) is 6.08. The van der Waals surface area contributed by atoms with Crippen molar-refractivity contribution in [3.63, 3.8) is 0 Å². The second kappa shape index (κ2) is 11.3. The van der Waals surface area contributed by atoms with Crippen LogP contribution in [0.4, 0.5) is 11.4 Å². The Kier molecular flexibility index (Phi) is 8.72. The van der Waals surface area contributed by atoms with Crippen molar-refractivity contribution < 1.29 is 23.8 Å². The standard InChI is InChI=1S/C20H23N3O5.ClH/c1-26-9-8-21-13-19(24)23-16-5-3-2-4-15(16)20(25)22-14-6-7-17-18(12-14)28-11-10-27-17;/h2-7,12,21H,8-11,13H2,1H3,(H,22,25)(H,23,24);1H. The van der Waals surface area contributed by atoms with E-state index in [1.165, 1.54) is 0 Å². The molecule has 2 amide bonds. The third kappa shape index (κ3) is 6.35. The molecule has 0 aromatic heterocycles. The van der Waals surface area contributed by atoms with Crippen LogP contribution in [0.1, 0.15) is 10.4 Å². The van der Waals surface area contributed by atoms with Crippen LogP contribution in [-0.2, 0) is 9.53 Å². The number of amides is 2. The normalized spacial score (nSPS) is 11.9. The fourth-order valence-electron chi connectivity index (χ4n) is 2.68. The van der Waals surface area contributed by atoms with E-state index in [1.54, 1.807) is 49.6 Å². The number of para-hydroxylation sites is 1. The lowest BCUT2D eigenvalue weighted by atomic mass is 10.1. The number of benzene rings is 2. The lowest BCUT2D eigenvalue weighted by molar-refractivity contribution is -0.115. The average Bonchev–Trinajstić information content (AvgIpc) is 2.71. The van der Waals surface area contributed by atoms with E-state index in [1.807, 2.05) is 0 Å². The van der Waals surface area contributed by atoms with Gasteiger partial charge in [0, 0.05) is 25.4 Å². The summed E-state index contributed by atoms with van der Waals surface area (Å²) < 4.78 is 15.9. The van der Waals surface area contributed by atoms with E-state index in [2.05, 4.69) is 16.0 Å². The van der Waals surface area contributed by atoms with Crippen LogP contribution in [0, 0.1) is 0 Å². The number of hydrogen-bond acceptors (Lipinski definition) is 6. The van der Waals surface area contributed by atoms with Gasteiger partial charge in [-0.1, -0.05) is 12.1 Å². The summed E-state index contributed by atoms with van der Waals surface area (Å²) >= 11 is 0. The summed E-state index contributed by atoms with van der Waals surface area (Å²) in [4.78, 5) is 24.8. The van der Waals surface area contributed by atoms with Crippen LogP contribution in [0.15, 0.2) is 42.5 Å². The zero-order chi connectivity index (χ0) is 19.8. The summed E-state index contributed by atoms with van der Waals surface area (Å²) in [5.41, 5.74) is 1.38. The molecule has 29 heavy (non-hydrogen) atoms. The fraction of sp³-hybridized carbons (Fsp3) is 0.300. The van der Waals surface area contributed by atoms with Gasteiger partial charge in [-0.25, -0.2) is 0 Å². The Hall–Kier alpha value is -2.81. The molecule has 0 saturated carbocycles. The van der Waals surface area contributed by atoms with E-state index >= 15 is 0 Å². The first-order valence-electron chi connectivity index (χ1n) is 8.97. The highest BCUT2D eigenvalue weighted by Gasteiger charge is 2.16. The lowest BCUT2D eigenvalue weighted by Gasteiger charge is -2.19. The molecule has 1 aliphatic heterocycles. The Morgan fingerprint density at radius 2 is 1.79 bits per heavy atom. The van der Waals surface area contributed by atoms with Gasteiger partial charge < -0.3 is 30.2 Å². The van der Waals surface area contributed by atoms with Gasteiger partial charge in [0.05, 0.1) is 24.4 Å². The van der Waals surface area contributed by atoms with Gasteiger partial charge in [-0.15, -0.1) is 12.4 Å². The third-order valence-electron chi connectivity index (χ3n) is 4.01. The summed E-state index contributed by atoms with van der Waals surface area (Å²) in [6.07, 6.45) is 0. The molecule has 0 fully saturated rings. The van der Waals surface area contributed by atoms with Gasteiger partial charge in [0.1, 0.15) is 13.2 Å². The Bertz CT molecular complexity index is 847. The van der Waals surface area contributed by atoms with Gasteiger partial charge in [0.2, 0.25) is 5.91 Å². The molecule has 0 unspecified atom stereocenters. The van der Waals surface area contributed by atoms with E-state index in [4.69, 9.17) is 14.2 Å². The molecule has 8 nitrogen and oxygen atoms in total. The summed E-state index contributed by atoms with van der Waals surface area (Å²) in [6, 6.07) is 12.1. The molecule has 0 radical (unpaired) electrons. The Balaban J connectivity index is 0.00000300. The van der Waals surface area contributed by atoms with E-state index in [0.29, 0.717) is 54.8 Å². The van der Waals surface area contributed by atoms with Gasteiger partial charge in [-0.2, -0.15) is 0 Å². The number of fused-ring (bicyclic) bond motifs is 1. The number of halogens is 1. The van der Waals surface area contributed by atoms with Crippen LogP contribution in [-0.4, -0.2) is 51.8 Å². The van der Waals surface area contributed by atoms with Gasteiger partial charge in [-0.3, -0.25) is 9.59 Å². The first-order chi connectivity index (χ1) is 13.7. The number of carbonyl (C=O) groups excluding carboxylic acids is 2. The molecule has 2 aromatic rings. The fourth-order valence-corrected chi connectivity index (χ4v) is 2.68. The topological polar surface area (TPSA) is 97.9 Å². The molecule has 3 N–H and O–H groups in total. The number of anilines is 2. The number of rotatable bonds is 8. The molecule has 2 aromatic carbocycles. The highest BCUT2D eigenvalue weighted by molar-refractivity contribution is 6.10. The highest BCUT2D eigenvalue weighted by Crippen LogP contribution is 2.32. The maximum atomic E-state index is 12.7. The van der Waals surface area contributed by atoms with Crippen molar-refractivity contribution in [3.8, 4) is 11.5 Å². The van der Waals surface area contributed by atoms with Crippen LogP contribution < -0.4 is 25.4 Å². The molecular formula is C20H24ClN3O5. The molecule has 156 valence electrons. The number of methoxy groups -OCH3 is 1. The van der Waals surface area contributed by atoms with Gasteiger partial charge in [0.15, 0.2) is 11.5 Å². The van der Waals surface area contributed by atoms with Crippen molar-refractivity contribution in [2.24, 2.45) is 0 Å². The van der Waals surface area contributed by atoms with Crippen molar-refractivity contribution >= 4 is 35.6 Å². The average molecular weight is 422 g/mol. The molecule has 0 aliphatic carbocycles. The molecule has 0 bridgehead atoms. The number of carbonyl (C=O) groups is 2. The second-order valence-electron chi connectivity index (χ2n) is 6.08. The number of nitrogens with one attached hydrogen (secondary N) is 3. The summed E-state index contributed by atoms with van der Waals surface area (Å²) in [6.45, 7) is 2.18. The number of hydrogen-bond donors (Lipinski definition) is 3. The minimum atomic E-state index is -0.333. The zero-order valence-corrected chi connectivity index (χ0v) is 16.8. The van der Waals surface area contributed by atoms with Crippen LogP contribution >= 0.6 is 12.4 Å². The monoisotopic (exact) mass is 421 g/mol. The smallest absolute Gasteiger partial charge is 0.257 e. The van der Waals surface area contributed by atoms with Crippen molar-refractivity contribution in [1.29, 1.82) is 0 Å². The van der Waals surface area contributed by atoms with Gasteiger partial charge >= 0.3 is 0 Å².